The monoisotopic (exact) mass is 262 g/mol. The van der Waals surface area contributed by atoms with Gasteiger partial charge in [0, 0.05) is 0 Å². The van der Waals surface area contributed by atoms with Crippen LogP contribution in [0.25, 0.3) is 0 Å². The number of anilines is 4. The number of nitrogen functional groups attached to an aromatic ring is 4. The minimum absolute atomic E-state index is 0.229. The normalized spacial score (nSPS) is 24.8. The maximum absolute atomic E-state index is 11.6. The molecule has 0 aromatic heterocycles. The fourth-order valence-corrected chi connectivity index (χ4v) is 2.88. The van der Waals surface area contributed by atoms with Gasteiger partial charge in [-0.3, -0.25) is 9.59 Å². The van der Waals surface area contributed by atoms with Gasteiger partial charge in [0.1, 0.15) is 0 Å². The number of cyclic esters (lactones) is 2. The van der Waals surface area contributed by atoms with Crippen molar-refractivity contribution >= 4 is 34.7 Å². The maximum Gasteiger partial charge on any atom is 0.317 e. The van der Waals surface area contributed by atoms with Crippen molar-refractivity contribution in [3.63, 3.8) is 0 Å². The van der Waals surface area contributed by atoms with Gasteiger partial charge >= 0.3 is 11.9 Å². The highest BCUT2D eigenvalue weighted by Crippen LogP contribution is 2.45. The van der Waals surface area contributed by atoms with E-state index in [9.17, 15) is 9.59 Å². The Hall–Kier alpha value is -2.44. The van der Waals surface area contributed by atoms with Crippen molar-refractivity contribution in [2.45, 2.75) is 12.8 Å². The fraction of sp³-hybridized carbons (Fsp3) is 0.333. The smallest absolute Gasteiger partial charge is 0.317 e. The molecule has 7 nitrogen and oxygen atoms in total. The van der Waals surface area contributed by atoms with E-state index in [0.29, 0.717) is 35.3 Å². The van der Waals surface area contributed by atoms with Crippen LogP contribution in [0, 0.1) is 11.8 Å². The molecule has 7 heteroatoms. The molecule has 2 atom stereocenters. The molecule has 2 aliphatic rings. The van der Waals surface area contributed by atoms with Crippen LogP contribution >= 0.6 is 0 Å². The second-order valence-electron chi connectivity index (χ2n) is 4.97. The molecule has 1 saturated heterocycles. The number of esters is 2. The SMILES string of the molecule is Nc1c(N)c(N)c2c(c1N)CC1C(=O)OC(=O)C1C2. The number of carbonyl (C=O) groups is 2. The largest absolute Gasteiger partial charge is 0.397 e. The summed E-state index contributed by atoms with van der Waals surface area (Å²) in [6.07, 6.45) is 0.621. The Balaban J connectivity index is 2.18. The lowest BCUT2D eigenvalue weighted by Gasteiger charge is -2.27. The molecule has 1 aromatic carbocycles. The number of ether oxygens (including phenoxy) is 1. The van der Waals surface area contributed by atoms with Crippen molar-refractivity contribution < 1.29 is 14.3 Å². The van der Waals surface area contributed by atoms with Gasteiger partial charge in [-0.1, -0.05) is 0 Å². The van der Waals surface area contributed by atoms with E-state index in [1.165, 1.54) is 0 Å². The van der Waals surface area contributed by atoms with Gasteiger partial charge in [-0.2, -0.15) is 0 Å². The molecule has 1 aliphatic heterocycles. The molecule has 0 bridgehead atoms. The highest BCUT2D eigenvalue weighted by Gasteiger charge is 2.48. The number of carbonyl (C=O) groups excluding carboxylic acids is 2. The van der Waals surface area contributed by atoms with Gasteiger partial charge in [-0.25, -0.2) is 0 Å². The predicted molar refractivity (Wildman–Crippen MR) is 69.6 cm³/mol. The van der Waals surface area contributed by atoms with Crippen LogP contribution in [0.15, 0.2) is 0 Å². The van der Waals surface area contributed by atoms with E-state index < -0.39 is 23.8 Å². The molecule has 1 aliphatic carbocycles. The summed E-state index contributed by atoms with van der Waals surface area (Å²) in [6, 6.07) is 0. The number of fused-ring (bicyclic) bond motifs is 2. The Morgan fingerprint density at radius 2 is 1.11 bits per heavy atom. The molecule has 0 amide bonds. The predicted octanol–water partition coefficient (Wildman–Crippen LogP) is -0.570. The Morgan fingerprint density at radius 1 is 0.737 bits per heavy atom. The third-order valence-corrected chi connectivity index (χ3v) is 4.03. The summed E-state index contributed by atoms with van der Waals surface area (Å²) in [5.41, 5.74) is 26.0. The first-order valence-electron chi connectivity index (χ1n) is 5.91. The molecule has 0 saturated carbocycles. The molecule has 1 fully saturated rings. The minimum Gasteiger partial charge on any atom is -0.397 e. The van der Waals surface area contributed by atoms with E-state index in [1.54, 1.807) is 0 Å². The number of rotatable bonds is 0. The molecule has 19 heavy (non-hydrogen) atoms. The highest BCUT2D eigenvalue weighted by atomic mass is 16.6. The van der Waals surface area contributed by atoms with Gasteiger partial charge < -0.3 is 27.7 Å². The van der Waals surface area contributed by atoms with Crippen LogP contribution < -0.4 is 22.9 Å². The minimum atomic E-state index is -0.506. The van der Waals surface area contributed by atoms with E-state index in [1.807, 2.05) is 0 Å². The van der Waals surface area contributed by atoms with E-state index in [0.717, 1.165) is 0 Å². The number of benzene rings is 1. The molecule has 0 radical (unpaired) electrons. The topological polar surface area (TPSA) is 147 Å². The highest BCUT2D eigenvalue weighted by molar-refractivity contribution is 5.99. The molecule has 3 rings (SSSR count). The average Bonchev–Trinajstić information content (AvgIpc) is 2.67. The van der Waals surface area contributed by atoms with Crippen molar-refractivity contribution in [3.8, 4) is 0 Å². The molecular formula is C12H14N4O3. The Labute approximate surface area is 108 Å². The maximum atomic E-state index is 11.6. The molecule has 0 spiro atoms. The first-order valence-corrected chi connectivity index (χ1v) is 5.91. The van der Waals surface area contributed by atoms with Gasteiger partial charge in [0.2, 0.25) is 0 Å². The van der Waals surface area contributed by atoms with Crippen LogP contribution in [-0.2, 0) is 27.2 Å². The second-order valence-corrected chi connectivity index (χ2v) is 4.97. The van der Waals surface area contributed by atoms with E-state index >= 15 is 0 Å². The third-order valence-electron chi connectivity index (χ3n) is 4.03. The summed E-state index contributed by atoms with van der Waals surface area (Å²) in [6.45, 7) is 0. The standard InChI is InChI=1S/C12H14N4O3/c13-7-3-1-5-6(12(18)19-11(5)17)2-4(3)8(14)10(16)9(7)15/h5-6H,1-2,13-16H2. The third kappa shape index (κ3) is 1.38. The van der Waals surface area contributed by atoms with Crippen LogP contribution in [0.1, 0.15) is 11.1 Å². The summed E-state index contributed by atoms with van der Waals surface area (Å²) >= 11 is 0. The zero-order valence-corrected chi connectivity index (χ0v) is 10.1. The fourth-order valence-electron chi connectivity index (χ4n) is 2.88. The average molecular weight is 262 g/mol. The van der Waals surface area contributed by atoms with Crippen LogP contribution in [-0.4, -0.2) is 11.9 Å². The molecule has 8 N–H and O–H groups in total. The van der Waals surface area contributed by atoms with E-state index in [4.69, 9.17) is 22.9 Å². The van der Waals surface area contributed by atoms with Gasteiger partial charge in [0.05, 0.1) is 34.6 Å². The number of nitrogens with two attached hydrogens (primary N) is 4. The van der Waals surface area contributed by atoms with Gasteiger partial charge in [-0.05, 0) is 24.0 Å². The van der Waals surface area contributed by atoms with Crippen molar-refractivity contribution in [3.05, 3.63) is 11.1 Å². The quantitative estimate of drug-likeness (QED) is 0.278. The molecular weight excluding hydrogens is 248 g/mol. The second kappa shape index (κ2) is 3.53. The zero-order valence-electron chi connectivity index (χ0n) is 10.1. The first-order chi connectivity index (χ1) is 8.91. The van der Waals surface area contributed by atoms with Gasteiger partial charge in [-0.15, -0.1) is 0 Å². The van der Waals surface area contributed by atoms with E-state index in [-0.39, 0.29) is 11.4 Å². The van der Waals surface area contributed by atoms with Crippen molar-refractivity contribution in [1.82, 2.24) is 0 Å². The lowest BCUT2D eigenvalue weighted by atomic mass is 9.75. The first kappa shape index (κ1) is 11.6. The molecule has 1 aromatic rings. The van der Waals surface area contributed by atoms with Crippen molar-refractivity contribution in [2.24, 2.45) is 11.8 Å². The summed E-state index contributed by atoms with van der Waals surface area (Å²) in [7, 11) is 0. The van der Waals surface area contributed by atoms with Crippen LogP contribution in [0.3, 0.4) is 0 Å². The zero-order chi connectivity index (χ0) is 13.9. The lowest BCUT2D eigenvalue weighted by Crippen LogP contribution is -2.29. The summed E-state index contributed by atoms with van der Waals surface area (Å²) in [4.78, 5) is 23.2. The molecule has 100 valence electrons. The molecule has 1 heterocycles. The summed E-state index contributed by atoms with van der Waals surface area (Å²) in [5, 5.41) is 0. The van der Waals surface area contributed by atoms with Crippen molar-refractivity contribution in [1.29, 1.82) is 0 Å². The Morgan fingerprint density at radius 3 is 1.47 bits per heavy atom. The lowest BCUT2D eigenvalue weighted by molar-refractivity contribution is -0.153. The van der Waals surface area contributed by atoms with Crippen LogP contribution in [0.2, 0.25) is 0 Å². The number of hydrogen-bond acceptors (Lipinski definition) is 7. The van der Waals surface area contributed by atoms with Crippen LogP contribution in [0.5, 0.6) is 0 Å². The summed E-state index contributed by atoms with van der Waals surface area (Å²) < 4.78 is 4.66. The Bertz CT molecular complexity index is 573. The van der Waals surface area contributed by atoms with Crippen molar-refractivity contribution in [2.75, 3.05) is 22.9 Å². The number of hydrogen-bond donors (Lipinski definition) is 4. The molecule has 2 unspecified atom stereocenters. The van der Waals surface area contributed by atoms with Gasteiger partial charge in [0.25, 0.3) is 0 Å². The van der Waals surface area contributed by atoms with Crippen LogP contribution in [0.4, 0.5) is 22.7 Å². The Kier molecular flexibility index (Phi) is 2.16. The van der Waals surface area contributed by atoms with Gasteiger partial charge in [0.15, 0.2) is 0 Å². The summed E-state index contributed by atoms with van der Waals surface area (Å²) in [5.74, 6) is -2.00. The van der Waals surface area contributed by atoms with E-state index in [2.05, 4.69) is 4.74 Å².